The average molecular weight is 142 g/mol. The van der Waals surface area contributed by atoms with E-state index in [4.69, 9.17) is 0 Å². The highest BCUT2D eigenvalue weighted by Gasteiger charge is 1.92. The van der Waals surface area contributed by atoms with Crippen LogP contribution in [-0.2, 0) is 0 Å². The first-order chi connectivity index (χ1) is 4.85. The van der Waals surface area contributed by atoms with Crippen molar-refractivity contribution in [2.45, 2.75) is 39.5 Å². The second kappa shape index (κ2) is 6.81. The minimum Gasteiger partial charge on any atom is -0.354 e. The minimum atomic E-state index is 0.994. The van der Waals surface area contributed by atoms with Gasteiger partial charge in [-0.25, -0.2) is 0 Å². The molecule has 0 spiro atoms. The van der Waals surface area contributed by atoms with Gasteiger partial charge in [-0.15, -0.1) is 0 Å². The van der Waals surface area contributed by atoms with Crippen molar-refractivity contribution in [3.8, 4) is 0 Å². The third kappa shape index (κ3) is 4.57. The highest BCUT2D eigenvalue weighted by atomic mass is 14.5. The van der Waals surface area contributed by atoms with Gasteiger partial charge in [0.05, 0.1) is 6.54 Å². The molecule has 1 nitrogen and oxygen atoms in total. The molecule has 0 aliphatic rings. The van der Waals surface area contributed by atoms with Crippen LogP contribution in [0.4, 0.5) is 0 Å². The summed E-state index contributed by atoms with van der Waals surface area (Å²) < 4.78 is 0. The molecule has 0 bridgehead atoms. The van der Waals surface area contributed by atoms with E-state index in [9.17, 15) is 0 Å². The predicted molar refractivity (Wildman–Crippen MR) is 45.7 cm³/mol. The molecule has 0 aliphatic carbocycles. The first kappa shape index (κ1) is 9.70. The van der Waals surface area contributed by atoms with E-state index in [1.165, 1.54) is 31.3 Å². The molecule has 0 aromatic heterocycles. The van der Waals surface area contributed by atoms with Crippen molar-refractivity contribution in [1.82, 2.24) is 0 Å². The van der Waals surface area contributed by atoms with Crippen molar-refractivity contribution in [1.29, 1.82) is 0 Å². The third-order valence-electron chi connectivity index (χ3n) is 1.61. The molecule has 10 heavy (non-hydrogen) atoms. The second-order valence-electron chi connectivity index (χ2n) is 2.65. The van der Waals surface area contributed by atoms with Crippen molar-refractivity contribution in [2.75, 3.05) is 6.54 Å². The largest absolute Gasteiger partial charge is 0.354 e. The summed E-state index contributed by atoms with van der Waals surface area (Å²) in [6, 6.07) is 0. The van der Waals surface area contributed by atoms with Gasteiger partial charge in [0.15, 0.2) is 0 Å². The van der Waals surface area contributed by atoms with Gasteiger partial charge in [0.25, 0.3) is 0 Å². The van der Waals surface area contributed by atoms with E-state index in [-0.39, 0.29) is 0 Å². The van der Waals surface area contributed by atoms with Crippen LogP contribution in [0.25, 0.3) is 0 Å². The molecule has 1 heteroatoms. The number of rotatable bonds is 5. The summed E-state index contributed by atoms with van der Waals surface area (Å²) in [6.45, 7) is 5.42. The summed E-state index contributed by atoms with van der Waals surface area (Å²) in [6.07, 6.45) is 7.32. The smallest absolute Gasteiger partial charge is 0.0956 e. The zero-order chi connectivity index (χ0) is 7.82. The van der Waals surface area contributed by atoms with Crippen LogP contribution >= 0.6 is 0 Å². The molecule has 0 amide bonds. The highest BCUT2D eigenvalue weighted by molar-refractivity contribution is 5.00. The van der Waals surface area contributed by atoms with Gasteiger partial charge in [-0.2, -0.15) is 0 Å². The van der Waals surface area contributed by atoms with Crippen LogP contribution in [0.15, 0.2) is 11.6 Å². The Bertz CT molecular complexity index is 94.9. The van der Waals surface area contributed by atoms with E-state index >= 15 is 0 Å². The number of unbranched alkanes of at least 4 members (excludes halogenated alkanes) is 1. The quantitative estimate of drug-likeness (QED) is 0.566. The van der Waals surface area contributed by atoms with Gasteiger partial charge in [0.1, 0.15) is 0 Å². The Balaban J connectivity index is 3.55. The normalized spacial score (nSPS) is 12.1. The van der Waals surface area contributed by atoms with E-state index in [1.807, 2.05) is 0 Å². The van der Waals surface area contributed by atoms with Crippen LogP contribution in [0.5, 0.6) is 0 Å². The van der Waals surface area contributed by atoms with Gasteiger partial charge in [0.2, 0.25) is 0 Å². The molecule has 60 valence electrons. The van der Waals surface area contributed by atoms with Gasteiger partial charge >= 0.3 is 0 Å². The number of hydrogen-bond donors (Lipinski definition) is 1. The summed E-state index contributed by atoms with van der Waals surface area (Å²) in [5, 5.41) is 0. The lowest BCUT2D eigenvalue weighted by atomic mass is 10.1. The van der Waals surface area contributed by atoms with E-state index < -0.39 is 0 Å². The zero-order valence-corrected chi connectivity index (χ0v) is 7.32. The molecule has 3 N–H and O–H groups in total. The van der Waals surface area contributed by atoms with Crippen LogP contribution in [0.2, 0.25) is 0 Å². The summed E-state index contributed by atoms with van der Waals surface area (Å²) >= 11 is 0. The van der Waals surface area contributed by atoms with Crippen LogP contribution in [-0.4, -0.2) is 6.54 Å². The van der Waals surface area contributed by atoms with Gasteiger partial charge in [-0.1, -0.05) is 32.8 Å². The van der Waals surface area contributed by atoms with Crippen molar-refractivity contribution in [2.24, 2.45) is 0 Å². The summed E-state index contributed by atoms with van der Waals surface area (Å²) in [7, 11) is 0. The molecule has 0 aliphatic heterocycles. The van der Waals surface area contributed by atoms with E-state index in [0.29, 0.717) is 0 Å². The van der Waals surface area contributed by atoms with Crippen LogP contribution < -0.4 is 5.73 Å². The molecular formula is C9H20N+. The summed E-state index contributed by atoms with van der Waals surface area (Å²) in [4.78, 5) is 0. The fourth-order valence-electron chi connectivity index (χ4n) is 0.999. The van der Waals surface area contributed by atoms with E-state index in [1.54, 1.807) is 0 Å². The Hall–Kier alpha value is -0.300. The highest BCUT2D eigenvalue weighted by Crippen LogP contribution is 2.03. The standard InChI is InChI=1S/C9H19N/c1-3-5-7-9(8-10)6-4-2/h7H,3-6,8,10H2,1-2H3/p+1. The van der Waals surface area contributed by atoms with Crippen LogP contribution in [0.3, 0.4) is 0 Å². The van der Waals surface area contributed by atoms with Gasteiger partial charge in [-0.3, -0.25) is 0 Å². The van der Waals surface area contributed by atoms with Crippen LogP contribution in [0.1, 0.15) is 39.5 Å². The molecule has 0 radical (unpaired) electrons. The Morgan fingerprint density at radius 1 is 1.30 bits per heavy atom. The summed E-state index contributed by atoms with van der Waals surface area (Å²) in [5.41, 5.74) is 5.42. The first-order valence-corrected chi connectivity index (χ1v) is 4.32. The average Bonchev–Trinajstić information content (AvgIpc) is 1.98. The molecule has 0 fully saturated rings. The van der Waals surface area contributed by atoms with E-state index in [0.717, 1.165) is 6.54 Å². The second-order valence-corrected chi connectivity index (χ2v) is 2.65. The molecule has 0 saturated carbocycles. The number of allylic oxidation sites excluding steroid dienone is 1. The van der Waals surface area contributed by atoms with Crippen molar-refractivity contribution in [3.05, 3.63) is 11.6 Å². The molecule has 0 aromatic carbocycles. The monoisotopic (exact) mass is 142 g/mol. The molecular weight excluding hydrogens is 122 g/mol. The Morgan fingerprint density at radius 2 is 2.00 bits per heavy atom. The first-order valence-electron chi connectivity index (χ1n) is 4.32. The molecule has 0 rings (SSSR count). The van der Waals surface area contributed by atoms with E-state index in [2.05, 4.69) is 25.7 Å². The number of hydrogen-bond acceptors (Lipinski definition) is 0. The number of quaternary nitrogens is 1. The third-order valence-corrected chi connectivity index (χ3v) is 1.61. The summed E-state index contributed by atoms with van der Waals surface area (Å²) in [5.74, 6) is 0. The lowest BCUT2D eigenvalue weighted by molar-refractivity contribution is -0.356. The molecule has 0 saturated heterocycles. The maximum atomic E-state index is 3.89. The topological polar surface area (TPSA) is 27.6 Å². The van der Waals surface area contributed by atoms with Crippen molar-refractivity contribution >= 4 is 0 Å². The van der Waals surface area contributed by atoms with Crippen LogP contribution in [0, 0.1) is 0 Å². The lowest BCUT2D eigenvalue weighted by Crippen LogP contribution is -2.51. The lowest BCUT2D eigenvalue weighted by Gasteiger charge is -1.98. The Kier molecular flexibility index (Phi) is 6.61. The zero-order valence-electron chi connectivity index (χ0n) is 7.32. The van der Waals surface area contributed by atoms with Gasteiger partial charge < -0.3 is 5.73 Å². The van der Waals surface area contributed by atoms with Crippen molar-refractivity contribution < 1.29 is 5.73 Å². The maximum absolute atomic E-state index is 3.89. The fourth-order valence-corrected chi connectivity index (χ4v) is 0.999. The fraction of sp³-hybridized carbons (Fsp3) is 0.778. The predicted octanol–water partition coefficient (Wildman–Crippen LogP) is 1.75. The molecule has 0 heterocycles. The maximum Gasteiger partial charge on any atom is 0.0956 e. The molecule has 0 aromatic rings. The minimum absolute atomic E-state index is 0.994. The SMILES string of the molecule is CCCC=C(C[NH3+])CCC. The molecule has 0 atom stereocenters. The Labute approximate surface area is 64.3 Å². The Morgan fingerprint density at radius 3 is 2.40 bits per heavy atom. The molecule has 0 unspecified atom stereocenters. The van der Waals surface area contributed by atoms with Crippen molar-refractivity contribution in [3.63, 3.8) is 0 Å². The van der Waals surface area contributed by atoms with Gasteiger partial charge in [-0.05, 0) is 18.4 Å². The van der Waals surface area contributed by atoms with Gasteiger partial charge in [0, 0.05) is 0 Å².